The Bertz CT molecular complexity index is 934. The molecule has 0 aromatic heterocycles. The fourth-order valence-corrected chi connectivity index (χ4v) is 4.82. The van der Waals surface area contributed by atoms with Gasteiger partial charge < -0.3 is 15.2 Å². The first-order valence-corrected chi connectivity index (χ1v) is 11.5. The van der Waals surface area contributed by atoms with Crippen LogP contribution in [-0.2, 0) is 19.6 Å². The first-order chi connectivity index (χ1) is 14.2. The van der Waals surface area contributed by atoms with E-state index in [1.165, 1.54) is 17.7 Å². The summed E-state index contributed by atoms with van der Waals surface area (Å²) in [7, 11) is -4.00. The van der Waals surface area contributed by atoms with Gasteiger partial charge in [0.1, 0.15) is 5.60 Å². The maximum absolute atomic E-state index is 11.8. The lowest BCUT2D eigenvalue weighted by atomic mass is 9.53. The highest BCUT2D eigenvalue weighted by atomic mass is 32.2. The van der Waals surface area contributed by atoms with Crippen molar-refractivity contribution in [1.82, 2.24) is 5.32 Å². The molecule has 3 atom stereocenters. The number of hydrogen-bond donors (Lipinski definition) is 3. The molecule has 0 aliphatic heterocycles. The quantitative estimate of drug-likeness (QED) is 0.455. The number of nitrogens with one attached hydrogen (secondary N) is 1. The molecule has 0 unspecified atom stereocenters. The van der Waals surface area contributed by atoms with Crippen LogP contribution in [0.25, 0.3) is 0 Å². The van der Waals surface area contributed by atoms with Gasteiger partial charge in [-0.3, -0.25) is 9.35 Å². The number of carbonyl (C=O) groups excluding carboxylic acids is 1. The minimum absolute atomic E-state index is 0.0741. The van der Waals surface area contributed by atoms with Gasteiger partial charge in [-0.2, -0.15) is 8.42 Å². The number of carbonyl (C=O) groups is 2. The van der Waals surface area contributed by atoms with E-state index < -0.39 is 27.8 Å². The van der Waals surface area contributed by atoms with Gasteiger partial charge in [-0.25, -0.2) is 4.79 Å². The molecule has 3 N–H and O–H groups in total. The molecule has 1 amide bonds. The number of amides is 1. The summed E-state index contributed by atoms with van der Waals surface area (Å²) >= 11 is 0. The van der Waals surface area contributed by atoms with Crippen LogP contribution in [-0.4, -0.2) is 42.3 Å². The minimum Gasteiger partial charge on any atom is -0.481 e. The molecule has 0 heterocycles. The van der Waals surface area contributed by atoms with Crippen LogP contribution in [0.4, 0.5) is 4.79 Å². The van der Waals surface area contributed by atoms with Crippen molar-refractivity contribution in [2.75, 3.05) is 6.54 Å². The molecule has 2 aliphatic rings. The Hall–Kier alpha value is -2.39. The Labute approximate surface area is 183 Å². The highest BCUT2D eigenvalue weighted by Crippen LogP contribution is 2.59. The molecular formula is C22H31NO7S. The SMILES string of the molecule is CC1=C[C@@H]2[C@H](C1)C[C@]2(CNC(=O)OC(C)(C)C)CC(=O)O.O=S(=O)(O)c1ccccc1. The number of allylic oxidation sites excluding steroid dienone is 2. The maximum atomic E-state index is 11.8. The number of ether oxygens (including phenoxy) is 1. The van der Waals surface area contributed by atoms with E-state index >= 15 is 0 Å². The third-order valence-electron chi connectivity index (χ3n) is 5.46. The Morgan fingerprint density at radius 1 is 1.23 bits per heavy atom. The number of carboxylic acids is 1. The van der Waals surface area contributed by atoms with Gasteiger partial charge >= 0.3 is 12.1 Å². The van der Waals surface area contributed by atoms with E-state index in [-0.39, 0.29) is 22.6 Å². The van der Waals surface area contributed by atoms with E-state index in [1.54, 1.807) is 18.2 Å². The molecule has 0 radical (unpaired) electrons. The third-order valence-corrected chi connectivity index (χ3v) is 6.33. The largest absolute Gasteiger partial charge is 0.481 e. The molecule has 1 aromatic carbocycles. The van der Waals surface area contributed by atoms with Crippen LogP contribution in [0.2, 0.25) is 0 Å². The summed E-state index contributed by atoms with van der Waals surface area (Å²) in [5, 5.41) is 11.9. The molecule has 8 nitrogen and oxygen atoms in total. The van der Waals surface area contributed by atoms with Gasteiger partial charge in [-0.15, -0.1) is 0 Å². The number of alkyl carbamates (subject to hydrolysis) is 1. The molecule has 31 heavy (non-hydrogen) atoms. The number of rotatable bonds is 5. The Morgan fingerprint density at radius 3 is 2.29 bits per heavy atom. The summed E-state index contributed by atoms with van der Waals surface area (Å²) in [5.74, 6) is 0.00529. The fourth-order valence-electron chi connectivity index (χ4n) is 4.32. The lowest BCUT2D eigenvalue weighted by Gasteiger charge is -2.51. The zero-order valence-corrected chi connectivity index (χ0v) is 19.1. The summed E-state index contributed by atoms with van der Waals surface area (Å²) < 4.78 is 34.5. The molecule has 2 aliphatic carbocycles. The van der Waals surface area contributed by atoms with Crippen LogP contribution in [0.15, 0.2) is 46.9 Å². The lowest BCUT2D eigenvalue weighted by Crippen LogP contribution is -2.53. The van der Waals surface area contributed by atoms with Crippen LogP contribution in [0.3, 0.4) is 0 Å². The molecule has 0 bridgehead atoms. The topological polar surface area (TPSA) is 130 Å². The summed E-state index contributed by atoms with van der Waals surface area (Å²) in [6.45, 7) is 7.87. The molecule has 9 heteroatoms. The zero-order valence-electron chi connectivity index (χ0n) is 18.3. The molecule has 0 saturated heterocycles. The lowest BCUT2D eigenvalue weighted by molar-refractivity contribution is -0.144. The fraction of sp³-hybridized carbons (Fsp3) is 0.545. The summed E-state index contributed by atoms with van der Waals surface area (Å²) in [5.41, 5.74) is 0.427. The summed E-state index contributed by atoms with van der Waals surface area (Å²) in [4.78, 5) is 22.9. The number of carboxylic acid groups (broad SMARTS) is 1. The van der Waals surface area contributed by atoms with Crippen LogP contribution in [0.1, 0.15) is 47.0 Å². The van der Waals surface area contributed by atoms with E-state index in [0.29, 0.717) is 12.5 Å². The second kappa shape index (κ2) is 9.40. The average molecular weight is 454 g/mol. The van der Waals surface area contributed by atoms with Gasteiger partial charge in [-0.05, 0) is 64.5 Å². The van der Waals surface area contributed by atoms with Crippen LogP contribution in [0.5, 0.6) is 0 Å². The second-order valence-corrected chi connectivity index (χ2v) is 10.7. The first kappa shape index (κ1) is 24.9. The molecule has 0 spiro atoms. The summed E-state index contributed by atoms with van der Waals surface area (Å²) in [6, 6.07) is 7.42. The van der Waals surface area contributed by atoms with E-state index in [2.05, 4.69) is 18.3 Å². The van der Waals surface area contributed by atoms with Gasteiger partial charge in [-0.1, -0.05) is 29.8 Å². The van der Waals surface area contributed by atoms with Crippen molar-refractivity contribution in [3.63, 3.8) is 0 Å². The predicted molar refractivity (Wildman–Crippen MR) is 115 cm³/mol. The zero-order chi connectivity index (χ0) is 23.4. The third kappa shape index (κ3) is 7.07. The van der Waals surface area contributed by atoms with Gasteiger partial charge in [0.25, 0.3) is 10.1 Å². The molecular weight excluding hydrogens is 422 g/mol. The molecule has 172 valence electrons. The maximum Gasteiger partial charge on any atom is 0.407 e. The van der Waals surface area contributed by atoms with Crippen molar-refractivity contribution in [3.8, 4) is 0 Å². The monoisotopic (exact) mass is 453 g/mol. The van der Waals surface area contributed by atoms with Crippen LogP contribution < -0.4 is 5.32 Å². The van der Waals surface area contributed by atoms with Crippen molar-refractivity contribution in [2.45, 2.75) is 57.5 Å². The van der Waals surface area contributed by atoms with Crippen LogP contribution >= 0.6 is 0 Å². The van der Waals surface area contributed by atoms with E-state index in [0.717, 1.165) is 12.8 Å². The van der Waals surface area contributed by atoms with Crippen molar-refractivity contribution < 1.29 is 32.4 Å². The van der Waals surface area contributed by atoms with E-state index in [9.17, 15) is 23.1 Å². The predicted octanol–water partition coefficient (Wildman–Crippen LogP) is 3.89. The Balaban J connectivity index is 0.000000285. The number of benzene rings is 1. The van der Waals surface area contributed by atoms with Gasteiger partial charge in [0.15, 0.2) is 0 Å². The van der Waals surface area contributed by atoms with Crippen molar-refractivity contribution in [3.05, 3.63) is 42.0 Å². The molecule has 3 rings (SSSR count). The highest BCUT2D eigenvalue weighted by Gasteiger charge is 2.55. The normalized spacial score (nSPS) is 24.6. The summed E-state index contributed by atoms with van der Waals surface area (Å²) in [6.07, 6.45) is 3.71. The van der Waals surface area contributed by atoms with Crippen LogP contribution in [0, 0.1) is 17.3 Å². The molecule has 1 aromatic rings. The number of fused-ring (bicyclic) bond motifs is 1. The van der Waals surface area contributed by atoms with E-state index in [4.69, 9.17) is 9.29 Å². The van der Waals surface area contributed by atoms with Crippen molar-refractivity contribution in [1.29, 1.82) is 0 Å². The molecule has 1 fully saturated rings. The first-order valence-electron chi connectivity index (χ1n) is 10.1. The van der Waals surface area contributed by atoms with Gasteiger partial charge in [0.2, 0.25) is 0 Å². The number of aliphatic carboxylic acids is 1. The average Bonchev–Trinajstić information content (AvgIpc) is 2.93. The van der Waals surface area contributed by atoms with Crippen molar-refractivity contribution in [2.24, 2.45) is 17.3 Å². The standard InChI is InChI=1S/C16H25NO4.C6H6O3S/c1-10-5-11-7-16(8-13(18)19,12(11)6-10)9-17-14(20)21-15(2,3)4;7-10(8,9)6-4-2-1-3-5-6/h6,11-12H,5,7-9H2,1-4H3,(H,17,20)(H,18,19);1-5H,(H,7,8,9)/t11-,12-,16-;/m1./s1. The van der Waals surface area contributed by atoms with Gasteiger partial charge in [0, 0.05) is 12.0 Å². The smallest absolute Gasteiger partial charge is 0.407 e. The highest BCUT2D eigenvalue weighted by molar-refractivity contribution is 7.85. The molecule has 1 saturated carbocycles. The Morgan fingerprint density at radius 2 is 1.84 bits per heavy atom. The van der Waals surface area contributed by atoms with E-state index in [1.807, 2.05) is 20.8 Å². The van der Waals surface area contributed by atoms with Crippen molar-refractivity contribution >= 4 is 22.2 Å². The number of hydrogen-bond acceptors (Lipinski definition) is 5. The minimum atomic E-state index is -4.00. The Kier molecular flexibility index (Phi) is 7.54. The second-order valence-electron chi connectivity index (χ2n) is 9.28. The van der Waals surface area contributed by atoms with Gasteiger partial charge in [0.05, 0.1) is 11.3 Å².